The minimum atomic E-state index is -1.06. The number of hydrogen-bond donors (Lipinski definition) is 0. The molecule has 0 aliphatic rings. The molecule has 0 aliphatic heterocycles. The van der Waals surface area contributed by atoms with E-state index in [1.165, 1.54) is 0 Å². The molecule has 0 saturated carbocycles. The third-order valence-corrected chi connectivity index (χ3v) is 0.946. The molecule has 0 heterocycles. The molecular weight excluding hydrogens is 303 g/mol. The zero-order valence-corrected chi connectivity index (χ0v) is 18.1. The summed E-state index contributed by atoms with van der Waals surface area (Å²) in [6, 6.07) is 0. The largest absolute Gasteiger partial charge is 1.00 e. The summed E-state index contributed by atoms with van der Waals surface area (Å²) in [5.41, 5.74) is -2.14. The molecule has 0 rings (SSSR count). The first kappa shape index (κ1) is 26.2. The first-order valence-corrected chi connectivity index (χ1v) is 6.34. The van der Waals surface area contributed by atoms with Gasteiger partial charge in [0.05, 0.1) is 0 Å². The number of rotatable bonds is 0. The Morgan fingerprint density at radius 2 is 0.905 bits per heavy atom. The first-order chi connectivity index (χ1) is 8.49. The van der Waals surface area contributed by atoms with Gasteiger partial charge in [-0.1, -0.05) is 20.8 Å². The van der Waals surface area contributed by atoms with Gasteiger partial charge >= 0.3 is 63.7 Å². The fraction of sp³-hybridized carbons (Fsp3) is 0.857. The molecule has 0 radical (unpaired) electrons. The van der Waals surface area contributed by atoms with Crippen molar-refractivity contribution in [3.8, 4) is 0 Å². The molecule has 0 aromatic carbocycles. The third kappa shape index (κ3) is 33.3. The van der Waals surface area contributed by atoms with Crippen molar-refractivity contribution in [2.45, 2.75) is 79.1 Å². The Kier molecular flexibility index (Phi) is 12.7. The van der Waals surface area contributed by atoms with Crippen LogP contribution in [0.2, 0.25) is 0 Å². The summed E-state index contributed by atoms with van der Waals surface area (Å²) in [6.45, 7) is 14.9. The molecule has 0 amide bonds. The molecular formula is C14H27KO6. The van der Waals surface area contributed by atoms with Crippen LogP contribution in [0.25, 0.3) is 0 Å². The van der Waals surface area contributed by atoms with Gasteiger partial charge in [-0.3, -0.25) is 0 Å². The molecule has 0 aromatic heterocycles. The molecule has 0 spiro atoms. The molecule has 21 heavy (non-hydrogen) atoms. The van der Waals surface area contributed by atoms with Crippen molar-refractivity contribution in [2.75, 3.05) is 0 Å². The van der Waals surface area contributed by atoms with E-state index in [-0.39, 0.29) is 51.4 Å². The maximum Gasteiger partial charge on any atom is 1.00 e. The monoisotopic (exact) mass is 330 g/mol. The summed E-state index contributed by atoms with van der Waals surface area (Å²) < 4.78 is 13.8. The number of carbonyl (C=O) groups excluding carboxylic acids is 2. The van der Waals surface area contributed by atoms with Crippen molar-refractivity contribution in [1.29, 1.82) is 0 Å². The van der Waals surface area contributed by atoms with E-state index in [1.807, 2.05) is 0 Å². The van der Waals surface area contributed by atoms with E-state index in [4.69, 9.17) is 9.47 Å². The Morgan fingerprint density at radius 3 is 1.05 bits per heavy atom. The zero-order valence-electron chi connectivity index (χ0n) is 14.9. The van der Waals surface area contributed by atoms with Crippen LogP contribution < -0.4 is 56.5 Å². The van der Waals surface area contributed by atoms with Gasteiger partial charge in [0.15, 0.2) is 0 Å². The maximum atomic E-state index is 11.0. The quantitative estimate of drug-likeness (QED) is 0.354. The summed E-state index contributed by atoms with van der Waals surface area (Å²) in [5.74, 6) is 0. The molecule has 0 aliphatic carbocycles. The van der Waals surface area contributed by atoms with Gasteiger partial charge in [0.1, 0.15) is 11.2 Å². The Morgan fingerprint density at radius 1 is 0.714 bits per heavy atom. The Bertz CT molecular complexity index is 288. The van der Waals surface area contributed by atoms with E-state index in [0.29, 0.717) is 0 Å². The minimum Gasteiger partial charge on any atom is -0.850 e. The molecule has 0 bridgehead atoms. The Balaban J connectivity index is -0.000000465. The van der Waals surface area contributed by atoms with Gasteiger partial charge in [0, 0.05) is 0 Å². The molecule has 120 valence electrons. The van der Waals surface area contributed by atoms with E-state index in [9.17, 15) is 14.7 Å². The van der Waals surface area contributed by atoms with E-state index in [0.717, 1.165) is 0 Å². The third-order valence-electron chi connectivity index (χ3n) is 0.946. The van der Waals surface area contributed by atoms with Gasteiger partial charge < -0.3 is 19.3 Å². The SMILES string of the molecule is CC(C)(C)OC(=O)OC(=O)OC(C)(C)C.CC(C)(C)[O-].[K+]. The van der Waals surface area contributed by atoms with Crippen LogP contribution in [-0.2, 0) is 14.2 Å². The number of ether oxygens (including phenoxy) is 3. The van der Waals surface area contributed by atoms with Gasteiger partial charge in [-0.15, -0.1) is 5.60 Å². The Hall–Kier alpha value is 0.336. The first-order valence-electron chi connectivity index (χ1n) is 6.34. The molecule has 0 unspecified atom stereocenters. The second kappa shape index (κ2) is 10.2. The van der Waals surface area contributed by atoms with Crippen LogP contribution in [0.3, 0.4) is 0 Å². The maximum absolute atomic E-state index is 11.0. The van der Waals surface area contributed by atoms with Crippen molar-refractivity contribution in [3.63, 3.8) is 0 Å². The van der Waals surface area contributed by atoms with Crippen LogP contribution in [0.5, 0.6) is 0 Å². The van der Waals surface area contributed by atoms with Crippen molar-refractivity contribution < 1.29 is 80.3 Å². The fourth-order valence-electron chi connectivity index (χ4n) is 0.610. The molecule has 0 atom stereocenters. The minimum absolute atomic E-state index is 0. The molecule has 0 N–H and O–H groups in total. The number of hydrogen-bond acceptors (Lipinski definition) is 6. The molecule has 7 heteroatoms. The standard InChI is InChI=1S/C10H18O5.C4H9O.K/c1-9(2,3)14-7(11)13-8(12)15-10(4,5)6;1-4(2,3)5;/h1-6H3;1-3H3;/q;-1;+1. The van der Waals surface area contributed by atoms with E-state index < -0.39 is 29.1 Å². The van der Waals surface area contributed by atoms with Crippen LogP contribution in [0.4, 0.5) is 9.59 Å². The van der Waals surface area contributed by atoms with Gasteiger partial charge in [0.25, 0.3) is 0 Å². The average Bonchev–Trinajstić information content (AvgIpc) is 1.89. The molecule has 0 aromatic rings. The zero-order chi connectivity index (χ0) is 16.8. The van der Waals surface area contributed by atoms with Crippen molar-refractivity contribution >= 4 is 12.3 Å². The molecule has 0 fully saturated rings. The topological polar surface area (TPSA) is 84.9 Å². The summed E-state index contributed by atoms with van der Waals surface area (Å²) in [4.78, 5) is 22.0. The smallest absolute Gasteiger partial charge is 0.850 e. The summed E-state index contributed by atoms with van der Waals surface area (Å²) in [7, 11) is 0. The summed E-state index contributed by atoms with van der Waals surface area (Å²) in [6.07, 6.45) is -2.12. The van der Waals surface area contributed by atoms with Crippen LogP contribution in [-0.4, -0.2) is 29.1 Å². The average molecular weight is 330 g/mol. The van der Waals surface area contributed by atoms with Crippen molar-refractivity contribution in [1.82, 2.24) is 0 Å². The van der Waals surface area contributed by atoms with Crippen molar-refractivity contribution in [3.05, 3.63) is 0 Å². The fourth-order valence-corrected chi connectivity index (χ4v) is 0.610. The predicted molar refractivity (Wildman–Crippen MR) is 73.3 cm³/mol. The van der Waals surface area contributed by atoms with Crippen molar-refractivity contribution in [2.24, 2.45) is 0 Å². The van der Waals surface area contributed by atoms with Crippen LogP contribution in [0.15, 0.2) is 0 Å². The molecule has 0 saturated heterocycles. The number of carbonyl (C=O) groups is 2. The Labute approximate surface area is 170 Å². The van der Waals surface area contributed by atoms with Gasteiger partial charge in [0.2, 0.25) is 0 Å². The van der Waals surface area contributed by atoms with E-state index in [1.54, 1.807) is 62.3 Å². The van der Waals surface area contributed by atoms with Gasteiger partial charge in [-0.2, -0.15) is 0 Å². The normalized spacial score (nSPS) is 11.3. The second-order valence-electron chi connectivity index (χ2n) is 7.14. The molecule has 6 nitrogen and oxygen atoms in total. The van der Waals surface area contributed by atoms with Gasteiger partial charge in [-0.25, -0.2) is 9.59 Å². The van der Waals surface area contributed by atoms with E-state index >= 15 is 0 Å². The summed E-state index contributed by atoms with van der Waals surface area (Å²) >= 11 is 0. The van der Waals surface area contributed by atoms with Crippen LogP contribution in [0.1, 0.15) is 62.3 Å². The predicted octanol–water partition coefficient (Wildman–Crippen LogP) is 0.0224. The summed E-state index contributed by atoms with van der Waals surface area (Å²) in [5, 5.41) is 10.1. The van der Waals surface area contributed by atoms with Gasteiger partial charge in [-0.05, 0) is 41.5 Å². The van der Waals surface area contributed by atoms with E-state index in [2.05, 4.69) is 4.74 Å². The van der Waals surface area contributed by atoms with Crippen LogP contribution >= 0.6 is 0 Å². The second-order valence-corrected chi connectivity index (χ2v) is 7.14. The van der Waals surface area contributed by atoms with Crippen LogP contribution in [0, 0.1) is 0 Å².